The monoisotopic (exact) mass is 492 g/mol. The molecule has 4 aromatic rings. The summed E-state index contributed by atoms with van der Waals surface area (Å²) in [6, 6.07) is 15.9. The number of hydrogen-bond donors (Lipinski definition) is 1. The Morgan fingerprint density at radius 1 is 1.00 bits per heavy atom. The van der Waals surface area contributed by atoms with E-state index in [2.05, 4.69) is 40.1 Å². The number of aromatic nitrogens is 1. The topological polar surface area (TPSA) is 64.4 Å². The zero-order chi connectivity index (χ0) is 22.8. The summed E-state index contributed by atoms with van der Waals surface area (Å²) in [6.07, 6.45) is 0. The number of fused-ring (bicyclic) bond motifs is 1. The fraction of sp³-hybridized carbons (Fsp3) is 0.231. The minimum atomic E-state index is -0.175. The average molecular weight is 493 g/mol. The standard InChI is InChI=1S/C26H25BrN2O3/c1-15-9-18(4)25(21(27)10-15)31-14-24(30)28-13-19-5-7-20(8-6-19)26-29-22-11-16(2)17(3)12-23(22)32-26/h5-12H,13-14H2,1-4H3,(H,28,30). The Bertz CT molecular complexity index is 1230. The molecule has 0 aliphatic heterocycles. The zero-order valence-electron chi connectivity index (χ0n) is 18.6. The summed E-state index contributed by atoms with van der Waals surface area (Å²) in [5.41, 5.74) is 8.02. The Labute approximate surface area is 195 Å². The van der Waals surface area contributed by atoms with Gasteiger partial charge in [-0.25, -0.2) is 4.98 Å². The van der Waals surface area contributed by atoms with Gasteiger partial charge in [-0.15, -0.1) is 0 Å². The van der Waals surface area contributed by atoms with Gasteiger partial charge in [-0.05, 0) is 102 Å². The second-order valence-electron chi connectivity index (χ2n) is 8.08. The summed E-state index contributed by atoms with van der Waals surface area (Å²) in [4.78, 5) is 16.9. The lowest BCUT2D eigenvalue weighted by atomic mass is 10.1. The fourth-order valence-corrected chi connectivity index (χ4v) is 4.33. The minimum Gasteiger partial charge on any atom is -0.482 e. The number of halogens is 1. The van der Waals surface area contributed by atoms with Crippen molar-refractivity contribution in [1.82, 2.24) is 10.3 Å². The number of oxazole rings is 1. The number of nitrogens with zero attached hydrogens (tertiary/aromatic N) is 1. The molecule has 0 spiro atoms. The first-order valence-corrected chi connectivity index (χ1v) is 11.2. The lowest BCUT2D eigenvalue weighted by molar-refractivity contribution is -0.123. The Morgan fingerprint density at radius 3 is 2.44 bits per heavy atom. The summed E-state index contributed by atoms with van der Waals surface area (Å²) in [5.74, 6) is 1.11. The summed E-state index contributed by atoms with van der Waals surface area (Å²) in [6.45, 7) is 8.49. The molecule has 0 saturated carbocycles. The number of carbonyl (C=O) groups excluding carboxylic acids is 1. The molecular weight excluding hydrogens is 468 g/mol. The average Bonchev–Trinajstić information content (AvgIpc) is 3.14. The zero-order valence-corrected chi connectivity index (χ0v) is 20.2. The number of amides is 1. The first kappa shape index (κ1) is 22.1. The normalized spacial score (nSPS) is 11.0. The van der Waals surface area contributed by atoms with Crippen LogP contribution in [0, 0.1) is 27.7 Å². The van der Waals surface area contributed by atoms with Gasteiger partial charge in [0, 0.05) is 12.1 Å². The van der Waals surface area contributed by atoms with Crippen LogP contribution in [0.15, 0.2) is 57.4 Å². The molecule has 0 atom stereocenters. The van der Waals surface area contributed by atoms with Gasteiger partial charge in [0.05, 0.1) is 4.47 Å². The molecule has 1 aromatic heterocycles. The molecule has 0 aliphatic rings. The van der Waals surface area contributed by atoms with Crippen molar-refractivity contribution in [2.24, 2.45) is 0 Å². The molecule has 0 fully saturated rings. The molecule has 1 heterocycles. The van der Waals surface area contributed by atoms with Crippen LogP contribution in [0.25, 0.3) is 22.6 Å². The summed E-state index contributed by atoms with van der Waals surface area (Å²) in [7, 11) is 0. The Hall–Kier alpha value is -3.12. The molecule has 0 unspecified atom stereocenters. The van der Waals surface area contributed by atoms with Crippen molar-refractivity contribution in [1.29, 1.82) is 0 Å². The predicted molar refractivity (Wildman–Crippen MR) is 130 cm³/mol. The van der Waals surface area contributed by atoms with Gasteiger partial charge in [-0.2, -0.15) is 0 Å². The third-order valence-corrected chi connectivity index (χ3v) is 6.00. The van der Waals surface area contributed by atoms with E-state index in [4.69, 9.17) is 9.15 Å². The van der Waals surface area contributed by atoms with Crippen LogP contribution in [0.1, 0.15) is 27.8 Å². The molecule has 32 heavy (non-hydrogen) atoms. The van der Waals surface area contributed by atoms with Crippen LogP contribution in [0.5, 0.6) is 5.75 Å². The number of carbonyl (C=O) groups is 1. The maximum atomic E-state index is 12.2. The van der Waals surface area contributed by atoms with E-state index in [0.29, 0.717) is 18.2 Å². The van der Waals surface area contributed by atoms with Gasteiger partial charge in [0.1, 0.15) is 11.3 Å². The predicted octanol–water partition coefficient (Wildman–Crippen LogP) is 6.19. The van der Waals surface area contributed by atoms with Crippen LogP contribution in [0.4, 0.5) is 0 Å². The third kappa shape index (κ3) is 4.86. The van der Waals surface area contributed by atoms with Gasteiger partial charge in [-0.3, -0.25) is 4.79 Å². The van der Waals surface area contributed by atoms with E-state index in [0.717, 1.165) is 37.8 Å². The first-order valence-electron chi connectivity index (χ1n) is 10.4. The molecule has 0 bridgehead atoms. The maximum absolute atomic E-state index is 12.2. The molecule has 5 nitrogen and oxygen atoms in total. The van der Waals surface area contributed by atoms with Gasteiger partial charge >= 0.3 is 0 Å². The van der Waals surface area contributed by atoms with Gasteiger partial charge < -0.3 is 14.5 Å². The molecule has 3 aromatic carbocycles. The van der Waals surface area contributed by atoms with E-state index in [1.165, 1.54) is 11.1 Å². The van der Waals surface area contributed by atoms with Crippen LogP contribution >= 0.6 is 15.9 Å². The lowest BCUT2D eigenvalue weighted by Crippen LogP contribution is -2.28. The van der Waals surface area contributed by atoms with Crippen LogP contribution in [-0.4, -0.2) is 17.5 Å². The maximum Gasteiger partial charge on any atom is 0.258 e. The molecule has 6 heteroatoms. The molecule has 1 amide bonds. The third-order valence-electron chi connectivity index (χ3n) is 5.42. The molecule has 164 valence electrons. The van der Waals surface area contributed by atoms with E-state index in [1.807, 2.05) is 62.4 Å². The molecular formula is C26H25BrN2O3. The van der Waals surface area contributed by atoms with Crippen molar-refractivity contribution >= 4 is 32.9 Å². The Balaban J connectivity index is 1.35. The number of aryl methyl sites for hydroxylation is 4. The summed E-state index contributed by atoms with van der Waals surface area (Å²) >= 11 is 3.50. The van der Waals surface area contributed by atoms with Crippen LogP contribution in [-0.2, 0) is 11.3 Å². The molecule has 0 saturated heterocycles. The van der Waals surface area contributed by atoms with Gasteiger partial charge in [0.15, 0.2) is 12.2 Å². The Morgan fingerprint density at radius 2 is 1.72 bits per heavy atom. The molecule has 4 rings (SSSR count). The molecule has 1 N–H and O–H groups in total. The van der Waals surface area contributed by atoms with Crippen LogP contribution in [0.3, 0.4) is 0 Å². The van der Waals surface area contributed by atoms with Crippen molar-refractivity contribution in [3.05, 3.63) is 80.8 Å². The van der Waals surface area contributed by atoms with Crippen molar-refractivity contribution in [3.63, 3.8) is 0 Å². The highest BCUT2D eigenvalue weighted by atomic mass is 79.9. The quantitative estimate of drug-likeness (QED) is 0.348. The highest BCUT2D eigenvalue weighted by Crippen LogP contribution is 2.30. The van der Waals surface area contributed by atoms with Crippen molar-refractivity contribution in [2.75, 3.05) is 6.61 Å². The number of nitrogens with one attached hydrogen (secondary N) is 1. The number of benzene rings is 3. The Kier molecular flexibility index (Phi) is 6.33. The van der Waals surface area contributed by atoms with Crippen molar-refractivity contribution < 1.29 is 13.9 Å². The second kappa shape index (κ2) is 9.17. The fourth-order valence-electron chi connectivity index (χ4n) is 3.54. The first-order chi connectivity index (χ1) is 15.3. The van der Waals surface area contributed by atoms with E-state index >= 15 is 0 Å². The van der Waals surface area contributed by atoms with Gasteiger partial charge in [0.2, 0.25) is 5.89 Å². The van der Waals surface area contributed by atoms with E-state index in [-0.39, 0.29) is 12.5 Å². The second-order valence-corrected chi connectivity index (χ2v) is 8.93. The number of ether oxygens (including phenoxy) is 1. The van der Waals surface area contributed by atoms with Crippen LogP contribution < -0.4 is 10.1 Å². The van der Waals surface area contributed by atoms with Crippen LogP contribution in [0.2, 0.25) is 0 Å². The summed E-state index contributed by atoms with van der Waals surface area (Å²) < 4.78 is 12.5. The lowest BCUT2D eigenvalue weighted by Gasteiger charge is -2.12. The smallest absolute Gasteiger partial charge is 0.258 e. The minimum absolute atomic E-state index is 0.0394. The highest BCUT2D eigenvalue weighted by Gasteiger charge is 2.11. The van der Waals surface area contributed by atoms with E-state index < -0.39 is 0 Å². The molecule has 0 radical (unpaired) electrons. The van der Waals surface area contributed by atoms with Gasteiger partial charge in [0.25, 0.3) is 5.91 Å². The SMILES string of the molecule is Cc1cc(C)c(OCC(=O)NCc2ccc(-c3nc4cc(C)c(C)cc4o3)cc2)c(Br)c1. The van der Waals surface area contributed by atoms with Gasteiger partial charge in [-0.1, -0.05) is 18.2 Å². The molecule has 0 aliphatic carbocycles. The highest BCUT2D eigenvalue weighted by molar-refractivity contribution is 9.10. The van der Waals surface area contributed by atoms with E-state index in [1.54, 1.807) is 0 Å². The number of rotatable bonds is 6. The van der Waals surface area contributed by atoms with Crippen molar-refractivity contribution in [3.8, 4) is 17.2 Å². The van der Waals surface area contributed by atoms with E-state index in [9.17, 15) is 4.79 Å². The van der Waals surface area contributed by atoms with Crippen molar-refractivity contribution in [2.45, 2.75) is 34.2 Å². The largest absolute Gasteiger partial charge is 0.482 e. The number of hydrogen-bond acceptors (Lipinski definition) is 4. The summed E-state index contributed by atoms with van der Waals surface area (Å²) in [5, 5.41) is 2.89.